The van der Waals surface area contributed by atoms with Gasteiger partial charge in [-0.15, -0.1) is 5.10 Å². The van der Waals surface area contributed by atoms with Crippen LogP contribution >= 0.6 is 23.2 Å². The lowest BCUT2D eigenvalue weighted by Gasteiger charge is -2.21. The van der Waals surface area contributed by atoms with Crippen LogP contribution in [-0.4, -0.2) is 31.2 Å². The van der Waals surface area contributed by atoms with E-state index in [1.807, 2.05) is 0 Å². The molecule has 31 heavy (non-hydrogen) atoms. The number of rotatable bonds is 6. The lowest BCUT2D eigenvalue weighted by atomic mass is 9.92. The number of hydrogen-bond donors (Lipinski definition) is 1. The van der Waals surface area contributed by atoms with Crippen molar-refractivity contribution in [2.75, 3.05) is 0 Å². The highest BCUT2D eigenvalue weighted by Crippen LogP contribution is 2.37. The molecule has 1 aliphatic rings. The molecule has 2 heterocycles. The average Bonchev–Trinajstić information content (AvgIpc) is 3.06. The topological polar surface area (TPSA) is 63.8 Å². The third kappa shape index (κ3) is 5.64. The van der Waals surface area contributed by atoms with Crippen LogP contribution < -0.4 is 0 Å². The number of allylic oxidation sites excluding steroid dienone is 4. The number of aliphatic hydroxyl groups excluding tert-OH is 1. The van der Waals surface area contributed by atoms with Crippen LogP contribution in [0.1, 0.15) is 36.2 Å². The first-order valence-corrected chi connectivity index (χ1v) is 10.3. The van der Waals surface area contributed by atoms with Crippen LogP contribution in [0.4, 0.5) is 17.6 Å². The zero-order valence-corrected chi connectivity index (χ0v) is 18.2. The van der Waals surface area contributed by atoms with Crippen molar-refractivity contribution in [3.8, 4) is 11.3 Å². The first-order chi connectivity index (χ1) is 14.5. The number of alkyl halides is 3. The molecule has 1 aliphatic carbocycles. The molecule has 0 aromatic carbocycles. The maximum absolute atomic E-state index is 13.5. The summed E-state index contributed by atoms with van der Waals surface area (Å²) in [6, 6.07) is 1.65. The van der Waals surface area contributed by atoms with Crippen molar-refractivity contribution in [1.82, 2.24) is 20.0 Å². The maximum Gasteiger partial charge on any atom is 0.435 e. The zero-order valence-electron chi connectivity index (χ0n) is 16.7. The van der Waals surface area contributed by atoms with Gasteiger partial charge in [-0.25, -0.2) is 4.39 Å². The third-order valence-electron chi connectivity index (χ3n) is 4.97. The van der Waals surface area contributed by atoms with Gasteiger partial charge in [-0.1, -0.05) is 29.3 Å². The molecule has 1 N–H and O–H groups in total. The standard InChI is InChI=1S/C20H20Cl2F4N4O/c1-10-5-12(3-4-13(31)6-11-7-15(21)17(23)16(22)8-11)27-28-18(10)14-9-30(2)29-19(14)20(24,25)26/h5,7,9,11,13,31H,3-4,6,8H2,1-2H3. The van der Waals surface area contributed by atoms with E-state index in [1.165, 1.54) is 19.3 Å². The second-order valence-corrected chi connectivity index (χ2v) is 8.42. The van der Waals surface area contributed by atoms with E-state index in [-0.39, 0.29) is 33.7 Å². The van der Waals surface area contributed by atoms with Crippen LogP contribution in [0.2, 0.25) is 0 Å². The number of nitrogens with zero attached hydrogens (tertiary/aromatic N) is 4. The van der Waals surface area contributed by atoms with Crippen LogP contribution in [0.5, 0.6) is 0 Å². The van der Waals surface area contributed by atoms with E-state index in [1.54, 1.807) is 13.0 Å². The number of aromatic nitrogens is 4. The Kier molecular flexibility index (Phi) is 7.08. The van der Waals surface area contributed by atoms with Crippen LogP contribution in [0.15, 0.2) is 34.2 Å². The minimum atomic E-state index is -4.61. The molecular weight excluding hydrogens is 459 g/mol. The Morgan fingerprint density at radius 2 is 2.00 bits per heavy atom. The molecule has 2 aromatic heterocycles. The predicted molar refractivity (Wildman–Crippen MR) is 109 cm³/mol. The van der Waals surface area contributed by atoms with Gasteiger partial charge in [0.25, 0.3) is 0 Å². The van der Waals surface area contributed by atoms with E-state index < -0.39 is 23.8 Å². The van der Waals surface area contributed by atoms with Gasteiger partial charge in [0.2, 0.25) is 0 Å². The normalized spacial score (nSPS) is 18.4. The summed E-state index contributed by atoms with van der Waals surface area (Å²) in [5, 5.41) is 21.8. The highest BCUT2D eigenvalue weighted by molar-refractivity contribution is 6.35. The van der Waals surface area contributed by atoms with E-state index >= 15 is 0 Å². The second-order valence-electron chi connectivity index (χ2n) is 7.56. The Labute approximate surface area is 186 Å². The molecule has 168 valence electrons. The molecule has 0 saturated heterocycles. The van der Waals surface area contributed by atoms with Gasteiger partial charge in [0.15, 0.2) is 11.5 Å². The van der Waals surface area contributed by atoms with E-state index in [0.29, 0.717) is 30.5 Å². The summed E-state index contributed by atoms with van der Waals surface area (Å²) >= 11 is 11.6. The fraction of sp³-hybridized carbons (Fsp3) is 0.450. The molecule has 0 amide bonds. The van der Waals surface area contributed by atoms with E-state index in [0.717, 1.165) is 4.68 Å². The van der Waals surface area contributed by atoms with Crippen LogP contribution in [0.25, 0.3) is 11.3 Å². The summed E-state index contributed by atoms with van der Waals surface area (Å²) in [6.45, 7) is 1.65. The number of hydrogen-bond acceptors (Lipinski definition) is 4. The van der Waals surface area contributed by atoms with Gasteiger partial charge in [-0.2, -0.15) is 23.4 Å². The van der Waals surface area contributed by atoms with E-state index in [4.69, 9.17) is 23.2 Å². The number of aryl methyl sites for hydroxylation is 3. The largest absolute Gasteiger partial charge is 0.435 e. The zero-order chi connectivity index (χ0) is 22.9. The predicted octanol–water partition coefficient (Wildman–Crippen LogP) is 5.45. The Hall–Kier alpha value is -1.97. The molecule has 3 rings (SSSR count). The van der Waals surface area contributed by atoms with E-state index in [2.05, 4.69) is 15.3 Å². The van der Waals surface area contributed by atoms with Gasteiger partial charge in [-0.3, -0.25) is 4.68 Å². The smallest absolute Gasteiger partial charge is 0.393 e. The van der Waals surface area contributed by atoms with Gasteiger partial charge < -0.3 is 5.11 Å². The summed E-state index contributed by atoms with van der Waals surface area (Å²) in [5.41, 5.74) is 0.0186. The fourth-order valence-electron chi connectivity index (χ4n) is 3.52. The van der Waals surface area contributed by atoms with Gasteiger partial charge in [0.05, 0.1) is 33.1 Å². The molecule has 2 aromatic rings. The monoisotopic (exact) mass is 478 g/mol. The maximum atomic E-state index is 13.5. The number of halogens is 6. The van der Waals surface area contributed by atoms with Crippen molar-refractivity contribution >= 4 is 23.2 Å². The molecule has 0 spiro atoms. The Morgan fingerprint density at radius 3 is 2.61 bits per heavy atom. The molecule has 0 fully saturated rings. The molecule has 0 bridgehead atoms. The SMILES string of the molecule is Cc1cc(CCC(O)CC2C=C(Cl)C(F)=C(Cl)C2)nnc1-c1cn(C)nc1C(F)(F)F. The van der Waals surface area contributed by atoms with Crippen molar-refractivity contribution in [3.05, 3.63) is 51.2 Å². The molecule has 0 radical (unpaired) electrons. The quantitative estimate of drug-likeness (QED) is 0.560. The summed E-state index contributed by atoms with van der Waals surface area (Å²) in [5.74, 6) is -0.821. The van der Waals surface area contributed by atoms with Gasteiger partial charge >= 0.3 is 6.18 Å². The van der Waals surface area contributed by atoms with Gasteiger partial charge in [0, 0.05) is 13.2 Å². The fourth-order valence-corrected chi connectivity index (χ4v) is 4.16. The van der Waals surface area contributed by atoms with Crippen molar-refractivity contribution in [2.24, 2.45) is 13.0 Å². The Bertz CT molecular complexity index is 1030. The van der Waals surface area contributed by atoms with Gasteiger partial charge in [0.1, 0.15) is 0 Å². The minimum Gasteiger partial charge on any atom is -0.393 e. The second kappa shape index (κ2) is 9.26. The van der Waals surface area contributed by atoms with Crippen molar-refractivity contribution in [1.29, 1.82) is 0 Å². The highest BCUT2D eigenvalue weighted by atomic mass is 35.5. The third-order valence-corrected chi connectivity index (χ3v) is 5.58. The molecule has 0 aliphatic heterocycles. The lowest BCUT2D eigenvalue weighted by molar-refractivity contribution is -0.141. The molecule has 11 heteroatoms. The molecule has 2 unspecified atom stereocenters. The molecule has 5 nitrogen and oxygen atoms in total. The van der Waals surface area contributed by atoms with Crippen LogP contribution in [0, 0.1) is 12.8 Å². The van der Waals surface area contributed by atoms with Crippen molar-refractivity contribution < 1.29 is 22.7 Å². The summed E-state index contributed by atoms with van der Waals surface area (Å²) in [7, 11) is 1.41. The summed E-state index contributed by atoms with van der Waals surface area (Å²) < 4.78 is 54.3. The lowest BCUT2D eigenvalue weighted by Crippen LogP contribution is -2.16. The van der Waals surface area contributed by atoms with Crippen molar-refractivity contribution in [3.63, 3.8) is 0 Å². The minimum absolute atomic E-state index is 0.0374. The summed E-state index contributed by atoms with van der Waals surface area (Å²) in [6.07, 6.45) is -1.20. The van der Waals surface area contributed by atoms with Crippen LogP contribution in [-0.2, 0) is 19.6 Å². The Balaban J connectivity index is 1.65. The molecular formula is C20H20Cl2F4N4O. The molecule has 2 atom stereocenters. The first kappa shape index (κ1) is 23.7. The first-order valence-electron chi connectivity index (χ1n) is 9.50. The average molecular weight is 479 g/mol. The van der Waals surface area contributed by atoms with E-state index in [9.17, 15) is 22.7 Å². The van der Waals surface area contributed by atoms with Gasteiger partial charge in [-0.05, 0) is 50.2 Å². The Morgan fingerprint density at radius 1 is 1.29 bits per heavy atom. The highest BCUT2D eigenvalue weighted by Gasteiger charge is 2.38. The summed E-state index contributed by atoms with van der Waals surface area (Å²) in [4.78, 5) is 0. The molecule has 0 saturated carbocycles. The van der Waals surface area contributed by atoms with Crippen molar-refractivity contribution in [2.45, 2.75) is 44.9 Å². The van der Waals surface area contributed by atoms with Crippen LogP contribution in [0.3, 0.4) is 0 Å². The number of aliphatic hydroxyl groups is 1.